The minimum Gasteiger partial charge on any atom is -0.315 e. The molecule has 8 nitrogen and oxygen atoms in total. The predicted octanol–water partition coefficient (Wildman–Crippen LogP) is 2.68. The number of imide groups is 1. The summed E-state index contributed by atoms with van der Waals surface area (Å²) in [4.78, 5) is 43.1. The summed E-state index contributed by atoms with van der Waals surface area (Å²) in [7, 11) is 4.96. The Balaban J connectivity index is 1.59. The van der Waals surface area contributed by atoms with E-state index in [0.29, 0.717) is 0 Å². The summed E-state index contributed by atoms with van der Waals surface area (Å²) in [6.45, 7) is 4.09. The normalized spacial score (nSPS) is 24.7. The molecule has 4 atom stereocenters. The van der Waals surface area contributed by atoms with Gasteiger partial charge in [-0.2, -0.15) is 0 Å². The number of nitrogens with one attached hydrogen (secondary N) is 2. The van der Waals surface area contributed by atoms with Crippen molar-refractivity contribution < 1.29 is 14.4 Å². The molecule has 4 unspecified atom stereocenters. The van der Waals surface area contributed by atoms with Crippen LogP contribution in [-0.2, 0) is 9.59 Å². The zero-order chi connectivity index (χ0) is 24.6. The lowest BCUT2D eigenvalue weighted by atomic mass is 9.95. The second-order valence-electron chi connectivity index (χ2n) is 8.97. The van der Waals surface area contributed by atoms with Gasteiger partial charge >= 0.3 is 6.03 Å². The Morgan fingerprint density at radius 3 is 2.32 bits per heavy atom. The van der Waals surface area contributed by atoms with E-state index in [-0.39, 0.29) is 35.1 Å². The first-order chi connectivity index (χ1) is 16.2. The highest BCUT2D eigenvalue weighted by molar-refractivity contribution is 8.00. The van der Waals surface area contributed by atoms with Gasteiger partial charge in [0.25, 0.3) is 0 Å². The largest absolute Gasteiger partial charge is 0.327 e. The fraction of sp³-hybridized carbons (Fsp3) is 0.400. The monoisotopic (exact) mass is 481 g/mol. The molecule has 0 bridgehead atoms. The molecule has 34 heavy (non-hydrogen) atoms. The summed E-state index contributed by atoms with van der Waals surface area (Å²) in [5.74, 6) is -0.652. The summed E-state index contributed by atoms with van der Waals surface area (Å²) in [5, 5.41) is 6.64. The summed E-state index contributed by atoms with van der Waals surface area (Å²) in [6.07, 6.45) is -0.756. The molecule has 0 radical (unpaired) electrons. The Bertz CT molecular complexity index is 1070. The Hall–Kier alpha value is -2.88. The third kappa shape index (κ3) is 4.68. The molecule has 180 valence electrons. The van der Waals surface area contributed by atoms with Gasteiger partial charge < -0.3 is 9.80 Å². The number of carbonyl (C=O) groups excluding carboxylic acids is 3. The maximum absolute atomic E-state index is 13.2. The zero-order valence-corrected chi connectivity index (χ0v) is 20.9. The highest BCUT2D eigenvalue weighted by Gasteiger charge is 2.51. The average Bonchev–Trinajstić information content (AvgIpc) is 2.83. The van der Waals surface area contributed by atoms with Crippen LogP contribution in [-0.4, -0.2) is 66.1 Å². The minimum atomic E-state index is -0.533. The van der Waals surface area contributed by atoms with Crippen molar-refractivity contribution in [1.82, 2.24) is 20.4 Å². The number of urea groups is 1. The SMILES string of the molecule is Cc1cc(C)cc(C2NC(SCC(=O)N(C)c3ccccc3)C3C(=O)N(C)C(=O)N(C)C3N2)c1. The molecule has 2 N–H and O–H groups in total. The van der Waals surface area contributed by atoms with Crippen molar-refractivity contribution in [3.8, 4) is 0 Å². The standard InChI is InChI=1S/C25H31N5O3S/c1-15-11-16(2)13-17(12-15)21-26-22-20(24(32)30(5)25(33)29(22)4)23(27-21)34-14-19(31)28(3)18-9-7-6-8-10-18/h6-13,20-23,26-27H,14H2,1-5H3. The molecule has 0 spiro atoms. The number of carbonyl (C=O) groups is 3. The van der Waals surface area contributed by atoms with Crippen molar-refractivity contribution in [1.29, 1.82) is 0 Å². The van der Waals surface area contributed by atoms with Crippen LogP contribution in [0, 0.1) is 19.8 Å². The minimum absolute atomic E-state index is 0.0583. The highest BCUT2D eigenvalue weighted by atomic mass is 32.2. The molecular formula is C25H31N5O3S. The molecule has 2 aliphatic rings. The first-order valence-corrected chi connectivity index (χ1v) is 12.3. The molecule has 4 amide bonds. The van der Waals surface area contributed by atoms with Gasteiger partial charge in [0.05, 0.1) is 29.4 Å². The fourth-order valence-electron chi connectivity index (χ4n) is 4.62. The number of para-hydroxylation sites is 1. The molecule has 2 aliphatic heterocycles. The van der Waals surface area contributed by atoms with Crippen molar-refractivity contribution >= 4 is 35.3 Å². The second kappa shape index (κ2) is 9.77. The molecule has 2 fully saturated rings. The van der Waals surface area contributed by atoms with Gasteiger partial charge in [0, 0.05) is 26.8 Å². The number of anilines is 1. The number of amides is 4. The summed E-state index contributed by atoms with van der Waals surface area (Å²) in [6, 6.07) is 15.4. The number of fused-ring (bicyclic) bond motifs is 1. The number of aryl methyl sites for hydroxylation is 2. The van der Waals surface area contributed by atoms with E-state index >= 15 is 0 Å². The topological polar surface area (TPSA) is 85.0 Å². The summed E-state index contributed by atoms with van der Waals surface area (Å²) < 4.78 is 0. The van der Waals surface area contributed by atoms with E-state index in [1.165, 1.54) is 18.8 Å². The van der Waals surface area contributed by atoms with Gasteiger partial charge in [0.15, 0.2) is 0 Å². The maximum atomic E-state index is 13.2. The van der Waals surface area contributed by atoms with Crippen molar-refractivity contribution in [2.24, 2.45) is 5.92 Å². The first-order valence-electron chi connectivity index (χ1n) is 11.2. The maximum Gasteiger partial charge on any atom is 0.327 e. The molecular weight excluding hydrogens is 450 g/mol. The van der Waals surface area contributed by atoms with Gasteiger partial charge in [0.1, 0.15) is 0 Å². The van der Waals surface area contributed by atoms with Crippen LogP contribution in [0.3, 0.4) is 0 Å². The van der Waals surface area contributed by atoms with Gasteiger partial charge in [-0.1, -0.05) is 47.5 Å². The summed E-state index contributed by atoms with van der Waals surface area (Å²) >= 11 is 1.40. The van der Waals surface area contributed by atoms with Gasteiger partial charge in [-0.05, 0) is 31.5 Å². The van der Waals surface area contributed by atoms with Crippen LogP contribution in [0.2, 0.25) is 0 Å². The van der Waals surface area contributed by atoms with Gasteiger partial charge in [-0.3, -0.25) is 25.1 Å². The molecule has 0 saturated carbocycles. The quantitative estimate of drug-likeness (QED) is 0.683. The van der Waals surface area contributed by atoms with E-state index in [1.807, 2.05) is 44.2 Å². The van der Waals surface area contributed by atoms with Crippen molar-refractivity contribution in [3.63, 3.8) is 0 Å². The molecule has 2 aromatic rings. The number of benzene rings is 2. The third-order valence-electron chi connectivity index (χ3n) is 6.44. The molecule has 0 aliphatic carbocycles. The Morgan fingerprint density at radius 2 is 1.68 bits per heavy atom. The first kappa shape index (κ1) is 24.3. The molecule has 9 heteroatoms. The summed E-state index contributed by atoms with van der Waals surface area (Å²) in [5.41, 5.74) is 4.11. The van der Waals surface area contributed by atoms with E-state index in [0.717, 1.165) is 27.3 Å². The van der Waals surface area contributed by atoms with Crippen LogP contribution in [0.1, 0.15) is 22.9 Å². The smallest absolute Gasteiger partial charge is 0.315 e. The molecule has 2 aromatic carbocycles. The molecule has 4 rings (SSSR count). The lowest BCUT2D eigenvalue weighted by Crippen LogP contribution is -2.72. The third-order valence-corrected chi connectivity index (χ3v) is 7.64. The predicted molar refractivity (Wildman–Crippen MR) is 134 cm³/mol. The molecule has 2 heterocycles. The number of hydrogen-bond acceptors (Lipinski definition) is 6. The average molecular weight is 482 g/mol. The molecule has 2 saturated heterocycles. The molecule has 0 aromatic heterocycles. The van der Waals surface area contributed by atoms with Crippen molar-refractivity contribution in [2.75, 3.05) is 31.8 Å². The number of nitrogens with zero attached hydrogens (tertiary/aromatic N) is 3. The van der Waals surface area contributed by atoms with Crippen LogP contribution in [0.5, 0.6) is 0 Å². The lowest BCUT2D eigenvalue weighted by molar-refractivity contribution is -0.140. The van der Waals surface area contributed by atoms with Crippen LogP contribution in [0.4, 0.5) is 10.5 Å². The second-order valence-corrected chi connectivity index (χ2v) is 10.1. The van der Waals surface area contributed by atoms with E-state index in [9.17, 15) is 14.4 Å². The van der Waals surface area contributed by atoms with Gasteiger partial charge in [0.2, 0.25) is 11.8 Å². The number of hydrogen-bond donors (Lipinski definition) is 2. The van der Waals surface area contributed by atoms with Crippen molar-refractivity contribution in [3.05, 3.63) is 65.2 Å². The Kier molecular flexibility index (Phi) is 6.97. The van der Waals surface area contributed by atoms with Crippen LogP contribution < -0.4 is 15.5 Å². The van der Waals surface area contributed by atoms with Gasteiger partial charge in [-0.15, -0.1) is 11.8 Å². The van der Waals surface area contributed by atoms with E-state index < -0.39 is 12.1 Å². The lowest BCUT2D eigenvalue weighted by Gasteiger charge is -2.50. The van der Waals surface area contributed by atoms with Crippen LogP contribution >= 0.6 is 11.8 Å². The number of thioether (sulfide) groups is 1. The van der Waals surface area contributed by atoms with E-state index in [4.69, 9.17) is 0 Å². The number of rotatable bonds is 5. The highest BCUT2D eigenvalue weighted by Crippen LogP contribution is 2.35. The van der Waals surface area contributed by atoms with Gasteiger partial charge in [-0.25, -0.2) is 4.79 Å². The van der Waals surface area contributed by atoms with Crippen molar-refractivity contribution in [2.45, 2.75) is 31.6 Å². The van der Waals surface area contributed by atoms with Crippen LogP contribution in [0.25, 0.3) is 0 Å². The van der Waals surface area contributed by atoms with Crippen LogP contribution in [0.15, 0.2) is 48.5 Å². The Labute approximate surface area is 204 Å². The zero-order valence-electron chi connectivity index (χ0n) is 20.1. The fourth-order valence-corrected chi connectivity index (χ4v) is 5.84. The van der Waals surface area contributed by atoms with E-state index in [2.05, 4.69) is 28.8 Å². The van der Waals surface area contributed by atoms with E-state index in [1.54, 1.807) is 23.9 Å². The Morgan fingerprint density at radius 1 is 1.03 bits per heavy atom.